The smallest absolute Gasteiger partial charge is 0.256 e. The third-order valence-electron chi connectivity index (χ3n) is 3.14. The second-order valence-corrected chi connectivity index (χ2v) is 4.35. The third-order valence-corrected chi connectivity index (χ3v) is 3.14. The van der Waals surface area contributed by atoms with E-state index in [1.165, 1.54) is 12.3 Å². The maximum absolute atomic E-state index is 13.4. The van der Waals surface area contributed by atoms with Crippen LogP contribution >= 0.6 is 0 Å². The van der Waals surface area contributed by atoms with Crippen LogP contribution in [0.1, 0.15) is 23.2 Å². The minimum atomic E-state index is -0.563. The number of pyridine rings is 1. The molecule has 17 heavy (non-hydrogen) atoms. The fourth-order valence-electron chi connectivity index (χ4n) is 2.16. The number of hydrogen-bond acceptors (Lipinski definition) is 3. The van der Waals surface area contributed by atoms with Crippen molar-refractivity contribution in [3.05, 3.63) is 29.8 Å². The predicted molar refractivity (Wildman–Crippen MR) is 61.9 cm³/mol. The first-order valence-corrected chi connectivity index (χ1v) is 5.81. The first-order chi connectivity index (χ1) is 8.22. The van der Waals surface area contributed by atoms with Gasteiger partial charge >= 0.3 is 0 Å². The molecule has 92 valence electrons. The quantitative estimate of drug-likeness (QED) is 0.835. The lowest BCUT2D eigenvalue weighted by atomic mass is 9.98. The van der Waals surface area contributed by atoms with Gasteiger partial charge in [0, 0.05) is 19.3 Å². The van der Waals surface area contributed by atoms with Crippen LogP contribution in [0.3, 0.4) is 0 Å². The van der Waals surface area contributed by atoms with Gasteiger partial charge in [-0.1, -0.05) is 0 Å². The number of rotatable bonds is 2. The number of piperidine rings is 1. The van der Waals surface area contributed by atoms with E-state index in [0.717, 1.165) is 19.0 Å². The zero-order valence-electron chi connectivity index (χ0n) is 9.60. The third kappa shape index (κ3) is 2.61. The number of amides is 1. The van der Waals surface area contributed by atoms with Crippen molar-refractivity contribution < 1.29 is 9.18 Å². The highest BCUT2D eigenvalue weighted by molar-refractivity contribution is 5.94. The lowest BCUT2D eigenvalue weighted by Crippen LogP contribution is -2.42. The van der Waals surface area contributed by atoms with Gasteiger partial charge in [0.05, 0.1) is 11.8 Å². The summed E-state index contributed by atoms with van der Waals surface area (Å²) in [5.41, 5.74) is 5.71. The van der Waals surface area contributed by atoms with E-state index in [4.69, 9.17) is 5.73 Å². The van der Waals surface area contributed by atoms with Gasteiger partial charge in [-0.05, 0) is 31.4 Å². The van der Waals surface area contributed by atoms with Crippen molar-refractivity contribution in [2.75, 3.05) is 19.6 Å². The molecule has 1 aromatic heterocycles. The standard InChI is InChI=1S/C12H16FN3O/c13-11-7-15-4-3-10(11)12(17)16-5-1-2-9(6-14)8-16/h3-4,7,9H,1-2,5-6,8,14H2/t9-/m0/s1. The van der Waals surface area contributed by atoms with Gasteiger partial charge in [-0.25, -0.2) is 4.39 Å². The second kappa shape index (κ2) is 5.23. The molecule has 5 heteroatoms. The molecule has 0 radical (unpaired) electrons. The fourth-order valence-corrected chi connectivity index (χ4v) is 2.16. The Balaban J connectivity index is 2.12. The number of carbonyl (C=O) groups excluding carboxylic acids is 1. The van der Waals surface area contributed by atoms with Crippen molar-refractivity contribution in [1.82, 2.24) is 9.88 Å². The van der Waals surface area contributed by atoms with E-state index < -0.39 is 5.82 Å². The SMILES string of the molecule is NC[C@@H]1CCCN(C(=O)c2ccncc2F)C1. The summed E-state index contributed by atoms with van der Waals surface area (Å²) < 4.78 is 13.4. The minimum absolute atomic E-state index is 0.0951. The molecule has 0 unspecified atom stereocenters. The van der Waals surface area contributed by atoms with E-state index in [1.807, 2.05) is 0 Å². The zero-order valence-corrected chi connectivity index (χ0v) is 9.60. The highest BCUT2D eigenvalue weighted by Crippen LogP contribution is 2.18. The van der Waals surface area contributed by atoms with Crippen LogP contribution in [-0.2, 0) is 0 Å². The van der Waals surface area contributed by atoms with Crippen molar-refractivity contribution in [3.63, 3.8) is 0 Å². The summed E-state index contributed by atoms with van der Waals surface area (Å²) in [4.78, 5) is 17.4. The molecule has 1 saturated heterocycles. The average molecular weight is 237 g/mol. The van der Waals surface area contributed by atoms with Crippen LogP contribution in [0.2, 0.25) is 0 Å². The first kappa shape index (κ1) is 12.0. The van der Waals surface area contributed by atoms with Crippen LogP contribution in [0.25, 0.3) is 0 Å². The topological polar surface area (TPSA) is 59.2 Å². The molecular weight excluding hydrogens is 221 g/mol. The molecule has 0 saturated carbocycles. The highest BCUT2D eigenvalue weighted by Gasteiger charge is 2.25. The molecule has 0 aliphatic carbocycles. The van der Waals surface area contributed by atoms with Crippen molar-refractivity contribution >= 4 is 5.91 Å². The summed E-state index contributed by atoms with van der Waals surface area (Å²) in [6, 6.07) is 1.42. The maximum Gasteiger partial charge on any atom is 0.256 e. The first-order valence-electron chi connectivity index (χ1n) is 5.81. The van der Waals surface area contributed by atoms with Gasteiger partial charge < -0.3 is 10.6 Å². The van der Waals surface area contributed by atoms with Crippen LogP contribution in [0.5, 0.6) is 0 Å². The van der Waals surface area contributed by atoms with Crippen molar-refractivity contribution in [3.8, 4) is 0 Å². The van der Waals surface area contributed by atoms with E-state index in [9.17, 15) is 9.18 Å². The summed E-state index contributed by atoms with van der Waals surface area (Å²) in [5, 5.41) is 0. The summed E-state index contributed by atoms with van der Waals surface area (Å²) >= 11 is 0. The highest BCUT2D eigenvalue weighted by atomic mass is 19.1. The molecular formula is C12H16FN3O. The van der Waals surface area contributed by atoms with Crippen LogP contribution < -0.4 is 5.73 Å². The molecule has 1 amide bonds. The Morgan fingerprint density at radius 1 is 1.65 bits per heavy atom. The lowest BCUT2D eigenvalue weighted by molar-refractivity contribution is 0.0673. The van der Waals surface area contributed by atoms with E-state index in [2.05, 4.69) is 4.98 Å². The Kier molecular flexibility index (Phi) is 3.68. The molecule has 0 aromatic carbocycles. The molecule has 2 heterocycles. The Hall–Kier alpha value is -1.49. The van der Waals surface area contributed by atoms with Crippen LogP contribution in [0.4, 0.5) is 4.39 Å². The molecule has 1 aliphatic rings. The Labute approximate surface area is 99.6 Å². The number of halogens is 1. The number of aromatic nitrogens is 1. The van der Waals surface area contributed by atoms with Gasteiger partial charge in [0.1, 0.15) is 0 Å². The van der Waals surface area contributed by atoms with E-state index in [0.29, 0.717) is 25.6 Å². The van der Waals surface area contributed by atoms with Gasteiger partial charge in [-0.15, -0.1) is 0 Å². The number of hydrogen-bond donors (Lipinski definition) is 1. The number of likely N-dealkylation sites (tertiary alicyclic amines) is 1. The molecule has 1 fully saturated rings. The van der Waals surface area contributed by atoms with Gasteiger partial charge in [-0.3, -0.25) is 9.78 Å². The summed E-state index contributed by atoms with van der Waals surface area (Å²) in [6.07, 6.45) is 4.47. The Bertz CT molecular complexity index is 410. The number of nitrogens with zero attached hydrogens (tertiary/aromatic N) is 2. The zero-order chi connectivity index (χ0) is 12.3. The summed E-state index contributed by atoms with van der Waals surface area (Å²) in [6.45, 7) is 1.87. The van der Waals surface area contributed by atoms with Gasteiger partial charge in [0.25, 0.3) is 5.91 Å². The van der Waals surface area contributed by atoms with Gasteiger partial charge in [0.2, 0.25) is 0 Å². The van der Waals surface area contributed by atoms with Crippen molar-refractivity contribution in [1.29, 1.82) is 0 Å². The molecule has 0 spiro atoms. The normalized spacial score (nSPS) is 20.4. The van der Waals surface area contributed by atoms with Crippen LogP contribution in [0, 0.1) is 11.7 Å². The van der Waals surface area contributed by atoms with Gasteiger partial charge in [-0.2, -0.15) is 0 Å². The van der Waals surface area contributed by atoms with E-state index >= 15 is 0 Å². The predicted octanol–water partition coefficient (Wildman–Crippen LogP) is 1.03. The molecule has 2 rings (SSSR count). The van der Waals surface area contributed by atoms with Crippen LogP contribution in [-0.4, -0.2) is 35.4 Å². The molecule has 0 bridgehead atoms. The van der Waals surface area contributed by atoms with Crippen LogP contribution in [0.15, 0.2) is 18.5 Å². The summed E-state index contributed by atoms with van der Waals surface area (Å²) in [7, 11) is 0. The van der Waals surface area contributed by atoms with E-state index in [1.54, 1.807) is 4.90 Å². The molecule has 1 aromatic rings. The van der Waals surface area contributed by atoms with Crippen molar-refractivity contribution in [2.45, 2.75) is 12.8 Å². The molecule has 1 atom stereocenters. The largest absolute Gasteiger partial charge is 0.338 e. The monoisotopic (exact) mass is 237 g/mol. The Morgan fingerprint density at radius 2 is 2.47 bits per heavy atom. The molecule has 2 N–H and O–H groups in total. The minimum Gasteiger partial charge on any atom is -0.338 e. The Morgan fingerprint density at radius 3 is 3.18 bits per heavy atom. The fraction of sp³-hybridized carbons (Fsp3) is 0.500. The summed E-state index contributed by atoms with van der Waals surface area (Å²) in [5.74, 6) is -0.493. The molecule has 1 aliphatic heterocycles. The average Bonchev–Trinajstić information content (AvgIpc) is 2.38. The van der Waals surface area contributed by atoms with Gasteiger partial charge in [0.15, 0.2) is 5.82 Å². The molecule has 4 nitrogen and oxygen atoms in total. The number of nitrogens with two attached hydrogens (primary N) is 1. The number of carbonyl (C=O) groups is 1. The van der Waals surface area contributed by atoms with E-state index in [-0.39, 0.29) is 11.5 Å². The second-order valence-electron chi connectivity index (χ2n) is 4.35. The maximum atomic E-state index is 13.4. The van der Waals surface area contributed by atoms with Crippen molar-refractivity contribution in [2.24, 2.45) is 11.7 Å². The lowest BCUT2D eigenvalue weighted by Gasteiger charge is -2.32.